The van der Waals surface area contributed by atoms with Crippen LogP contribution in [0.2, 0.25) is 0 Å². The Bertz CT molecular complexity index is 1650. The predicted octanol–water partition coefficient (Wildman–Crippen LogP) is 5.95. The third-order valence-electron chi connectivity index (χ3n) is 7.85. The van der Waals surface area contributed by atoms with Crippen LogP contribution >= 0.6 is 0 Å². The summed E-state index contributed by atoms with van der Waals surface area (Å²) in [6.45, 7) is 15.4. The topological polar surface area (TPSA) is 92.2 Å². The first-order chi connectivity index (χ1) is 20.5. The van der Waals surface area contributed by atoms with Crippen LogP contribution in [0.4, 0.5) is 14.7 Å². The number of anilines is 1. The molecule has 2 aromatic carbocycles. The van der Waals surface area contributed by atoms with Gasteiger partial charge in [-0.05, 0) is 81.7 Å². The third kappa shape index (κ3) is 7.07. The highest BCUT2D eigenvalue weighted by molar-refractivity contribution is 5.98. The Morgan fingerprint density at radius 1 is 1.00 bits per heavy atom. The number of pyridine rings is 1. The molecule has 4 aromatic rings. The van der Waals surface area contributed by atoms with Crippen molar-refractivity contribution in [2.24, 2.45) is 5.92 Å². The molecule has 1 unspecified atom stereocenters. The molecule has 0 aliphatic heterocycles. The Kier molecular flexibility index (Phi) is 10.2. The molecule has 0 aliphatic carbocycles. The lowest BCUT2D eigenvalue weighted by Crippen LogP contribution is -2.36. The van der Waals surface area contributed by atoms with Crippen molar-refractivity contribution < 1.29 is 13.6 Å². The van der Waals surface area contributed by atoms with E-state index in [1.165, 1.54) is 12.1 Å². The van der Waals surface area contributed by atoms with E-state index in [1.807, 2.05) is 33.8 Å². The molecule has 0 saturated heterocycles. The van der Waals surface area contributed by atoms with Crippen molar-refractivity contribution >= 4 is 22.9 Å². The summed E-state index contributed by atoms with van der Waals surface area (Å²) >= 11 is 0. The van der Waals surface area contributed by atoms with Gasteiger partial charge < -0.3 is 15.5 Å². The maximum absolute atomic E-state index is 15.0. The molecule has 1 amide bonds. The van der Waals surface area contributed by atoms with Crippen molar-refractivity contribution in [3.8, 4) is 16.9 Å². The molecule has 228 valence electrons. The number of halogens is 2. The van der Waals surface area contributed by atoms with Gasteiger partial charge in [0.05, 0.1) is 5.69 Å². The number of aromatic nitrogens is 3. The molecule has 0 spiro atoms. The van der Waals surface area contributed by atoms with Gasteiger partial charge in [-0.25, -0.2) is 13.8 Å². The second kappa shape index (κ2) is 13.9. The highest BCUT2D eigenvalue weighted by Gasteiger charge is 2.21. The largest absolute Gasteiger partial charge is 0.354 e. The lowest BCUT2D eigenvalue weighted by atomic mass is 9.99. The molecule has 0 aliphatic rings. The van der Waals surface area contributed by atoms with Gasteiger partial charge in [0.1, 0.15) is 17.3 Å². The van der Waals surface area contributed by atoms with Gasteiger partial charge in [-0.2, -0.15) is 4.98 Å². The summed E-state index contributed by atoms with van der Waals surface area (Å²) in [5.41, 5.74) is 1.26. The molecule has 0 radical (unpaired) electrons. The predicted molar refractivity (Wildman–Crippen MR) is 168 cm³/mol. The van der Waals surface area contributed by atoms with Gasteiger partial charge in [0.15, 0.2) is 5.65 Å². The molecule has 0 saturated carbocycles. The molecular weight excluding hydrogens is 550 g/mol. The number of hydrogen-bond donors (Lipinski definition) is 2. The Hall–Kier alpha value is -4.18. The van der Waals surface area contributed by atoms with Gasteiger partial charge in [-0.3, -0.25) is 14.2 Å². The SMILES string of the molecule is CCN(CC)CCCNc1nc(-c2cc(C(=O)NC(C)C(C)C)ccc2C)c2ccc(=O)n(-c3c(F)cccc3F)c2n1. The molecule has 10 heteroatoms. The van der Waals surface area contributed by atoms with Crippen molar-refractivity contribution in [2.75, 3.05) is 31.5 Å². The van der Waals surface area contributed by atoms with Gasteiger partial charge in [0, 0.05) is 35.2 Å². The average molecular weight is 591 g/mol. The van der Waals surface area contributed by atoms with Gasteiger partial charge in [-0.1, -0.05) is 39.8 Å². The van der Waals surface area contributed by atoms with Crippen LogP contribution in [0.1, 0.15) is 57.0 Å². The zero-order valence-electron chi connectivity index (χ0n) is 25.7. The zero-order chi connectivity index (χ0) is 31.3. The van der Waals surface area contributed by atoms with Crippen molar-refractivity contribution in [3.05, 3.63) is 81.6 Å². The molecule has 0 bridgehead atoms. The van der Waals surface area contributed by atoms with E-state index in [9.17, 15) is 9.59 Å². The van der Waals surface area contributed by atoms with E-state index in [1.54, 1.807) is 18.2 Å². The second-order valence-corrected chi connectivity index (χ2v) is 11.1. The Morgan fingerprint density at radius 2 is 1.70 bits per heavy atom. The summed E-state index contributed by atoms with van der Waals surface area (Å²) in [5.74, 6) is -1.54. The molecule has 1 atom stereocenters. The van der Waals surface area contributed by atoms with E-state index in [0.717, 1.165) is 48.3 Å². The number of aryl methyl sites for hydroxylation is 1. The van der Waals surface area contributed by atoms with Crippen molar-refractivity contribution in [1.82, 2.24) is 24.8 Å². The van der Waals surface area contributed by atoms with Crippen LogP contribution in [-0.2, 0) is 0 Å². The summed E-state index contributed by atoms with van der Waals surface area (Å²) in [6.07, 6.45) is 0.810. The van der Waals surface area contributed by atoms with Crippen LogP contribution < -0.4 is 16.2 Å². The lowest BCUT2D eigenvalue weighted by Gasteiger charge is -2.19. The van der Waals surface area contributed by atoms with Gasteiger partial charge in [-0.15, -0.1) is 0 Å². The minimum absolute atomic E-state index is 0.0330. The molecule has 4 rings (SSSR count). The van der Waals surface area contributed by atoms with Crippen LogP contribution in [0, 0.1) is 24.5 Å². The Balaban J connectivity index is 1.89. The van der Waals surface area contributed by atoms with Gasteiger partial charge in [0.25, 0.3) is 11.5 Å². The maximum Gasteiger partial charge on any atom is 0.256 e. The van der Waals surface area contributed by atoms with Crippen LogP contribution in [0.3, 0.4) is 0 Å². The molecule has 2 aromatic heterocycles. The van der Waals surface area contributed by atoms with E-state index < -0.39 is 22.9 Å². The molecule has 2 N–H and O–H groups in total. The van der Waals surface area contributed by atoms with Crippen LogP contribution in [0.5, 0.6) is 0 Å². The molecular formula is C33H40F2N6O2. The summed E-state index contributed by atoms with van der Waals surface area (Å²) < 4.78 is 31.0. The Morgan fingerprint density at radius 3 is 2.35 bits per heavy atom. The fourth-order valence-corrected chi connectivity index (χ4v) is 4.84. The smallest absolute Gasteiger partial charge is 0.256 e. The molecule has 43 heavy (non-hydrogen) atoms. The highest BCUT2D eigenvalue weighted by atomic mass is 19.1. The fourth-order valence-electron chi connectivity index (χ4n) is 4.84. The summed E-state index contributed by atoms with van der Waals surface area (Å²) in [4.78, 5) is 38.0. The first kappa shape index (κ1) is 31.7. The van der Waals surface area contributed by atoms with Crippen LogP contribution in [0.25, 0.3) is 28.0 Å². The number of hydrogen-bond acceptors (Lipinski definition) is 6. The molecule has 8 nitrogen and oxygen atoms in total. The minimum atomic E-state index is -0.891. The average Bonchev–Trinajstić information content (AvgIpc) is 2.98. The zero-order valence-corrected chi connectivity index (χ0v) is 25.7. The van der Waals surface area contributed by atoms with E-state index >= 15 is 8.78 Å². The van der Waals surface area contributed by atoms with Crippen molar-refractivity contribution in [2.45, 2.75) is 54.0 Å². The fraction of sp³-hybridized carbons (Fsp3) is 0.394. The number of nitrogens with zero attached hydrogens (tertiary/aromatic N) is 4. The van der Waals surface area contributed by atoms with E-state index in [0.29, 0.717) is 28.8 Å². The first-order valence-electron chi connectivity index (χ1n) is 14.8. The van der Waals surface area contributed by atoms with Crippen molar-refractivity contribution in [3.63, 3.8) is 0 Å². The normalized spacial score (nSPS) is 12.2. The number of carbonyl (C=O) groups excluding carboxylic acids is 1. The van der Waals surface area contributed by atoms with Gasteiger partial charge >= 0.3 is 0 Å². The van der Waals surface area contributed by atoms with Crippen LogP contribution in [-0.4, -0.2) is 57.6 Å². The number of fused-ring (bicyclic) bond motifs is 1. The highest BCUT2D eigenvalue weighted by Crippen LogP contribution is 2.31. The number of amides is 1. The van der Waals surface area contributed by atoms with E-state index in [4.69, 9.17) is 4.98 Å². The van der Waals surface area contributed by atoms with E-state index in [-0.39, 0.29) is 29.5 Å². The van der Waals surface area contributed by atoms with Crippen LogP contribution in [0.15, 0.2) is 53.3 Å². The molecule has 0 fully saturated rings. The monoisotopic (exact) mass is 590 g/mol. The standard InChI is InChI=1S/C33H40F2N6O2/c1-7-40(8-2)18-10-17-36-33-38-29(25-19-23(14-13-21(25)5)32(43)37-22(6)20(3)4)24-15-16-28(42)41(31(24)39-33)30-26(34)11-9-12-27(30)35/h9,11-16,19-20,22H,7-8,10,17-18H2,1-6H3,(H,37,43)(H,36,38,39). The quantitative estimate of drug-likeness (QED) is 0.198. The number of benzene rings is 2. The van der Waals surface area contributed by atoms with Crippen molar-refractivity contribution in [1.29, 1.82) is 0 Å². The lowest BCUT2D eigenvalue weighted by molar-refractivity contribution is 0.0930. The molecule has 2 heterocycles. The maximum atomic E-state index is 15.0. The van der Waals surface area contributed by atoms with Gasteiger partial charge in [0.2, 0.25) is 5.95 Å². The number of para-hydroxylation sites is 1. The minimum Gasteiger partial charge on any atom is -0.354 e. The number of nitrogens with one attached hydrogen (secondary N) is 2. The third-order valence-corrected chi connectivity index (χ3v) is 7.85. The first-order valence-corrected chi connectivity index (χ1v) is 14.8. The number of carbonyl (C=O) groups is 1. The summed E-state index contributed by atoms with van der Waals surface area (Å²) in [7, 11) is 0. The van der Waals surface area contributed by atoms with E-state index in [2.05, 4.69) is 34.4 Å². The number of rotatable bonds is 12. The summed E-state index contributed by atoms with van der Waals surface area (Å²) in [6, 6.07) is 11.5. The Labute approximate surface area is 251 Å². The second-order valence-electron chi connectivity index (χ2n) is 11.1. The summed E-state index contributed by atoms with van der Waals surface area (Å²) in [5, 5.41) is 6.68.